The molecule has 146 valence electrons. The Morgan fingerprint density at radius 3 is 2.90 bits per heavy atom. The second-order valence-electron chi connectivity index (χ2n) is 6.09. The second-order valence-corrected chi connectivity index (χ2v) is 7.77. The van der Waals surface area contributed by atoms with Gasteiger partial charge in [-0.1, -0.05) is 48.2 Å². The number of hydrogen-bond donors (Lipinski definition) is 1. The maximum Gasteiger partial charge on any atom is 0.266 e. The third-order valence-corrected chi connectivity index (χ3v) is 5.57. The Morgan fingerprint density at radius 1 is 1.24 bits per heavy atom. The highest BCUT2D eigenvalue weighted by Crippen LogP contribution is 2.33. The summed E-state index contributed by atoms with van der Waals surface area (Å²) in [7, 11) is 0. The van der Waals surface area contributed by atoms with E-state index in [1.807, 2.05) is 0 Å². The van der Waals surface area contributed by atoms with Crippen LogP contribution in [0.3, 0.4) is 0 Å². The van der Waals surface area contributed by atoms with Gasteiger partial charge in [0.2, 0.25) is 5.91 Å². The van der Waals surface area contributed by atoms with Gasteiger partial charge in [0.15, 0.2) is 5.52 Å². The van der Waals surface area contributed by atoms with Crippen LogP contribution in [0.25, 0.3) is 17.1 Å². The minimum Gasteiger partial charge on any atom is -0.324 e. The molecule has 0 atom stereocenters. The molecule has 0 bridgehead atoms. The SMILES string of the molecule is O=C(CCN1C(=O)C(=Cc2ccccc2F)SC1=S)Nc1cccc2nonc12. The summed E-state index contributed by atoms with van der Waals surface area (Å²) in [6.45, 7) is 0.109. The molecule has 1 aliphatic heterocycles. The van der Waals surface area contributed by atoms with E-state index in [-0.39, 0.29) is 24.8 Å². The molecule has 2 amide bonds. The predicted molar refractivity (Wildman–Crippen MR) is 111 cm³/mol. The first-order valence-corrected chi connectivity index (χ1v) is 9.76. The molecule has 0 spiro atoms. The highest BCUT2D eigenvalue weighted by atomic mass is 32.2. The number of carbonyl (C=O) groups excluding carboxylic acids is 2. The summed E-state index contributed by atoms with van der Waals surface area (Å²) < 4.78 is 18.8. The topological polar surface area (TPSA) is 88.3 Å². The number of carbonyl (C=O) groups is 2. The number of fused-ring (bicyclic) bond motifs is 1. The van der Waals surface area contributed by atoms with E-state index in [4.69, 9.17) is 12.2 Å². The zero-order valence-corrected chi connectivity index (χ0v) is 16.4. The Labute approximate surface area is 173 Å². The molecule has 1 saturated heterocycles. The molecule has 0 radical (unpaired) electrons. The third-order valence-electron chi connectivity index (χ3n) is 4.19. The van der Waals surface area contributed by atoms with Gasteiger partial charge in [0.25, 0.3) is 5.91 Å². The van der Waals surface area contributed by atoms with Crippen molar-refractivity contribution in [3.05, 3.63) is 58.8 Å². The van der Waals surface area contributed by atoms with E-state index in [0.717, 1.165) is 11.8 Å². The van der Waals surface area contributed by atoms with Crippen LogP contribution >= 0.6 is 24.0 Å². The number of anilines is 1. The lowest BCUT2D eigenvalue weighted by Crippen LogP contribution is -2.31. The van der Waals surface area contributed by atoms with Crippen LogP contribution in [0.1, 0.15) is 12.0 Å². The molecule has 2 heterocycles. The van der Waals surface area contributed by atoms with Gasteiger partial charge in [-0.3, -0.25) is 14.5 Å². The molecule has 3 aromatic rings. The van der Waals surface area contributed by atoms with Crippen molar-refractivity contribution >= 4 is 62.9 Å². The molecule has 0 saturated carbocycles. The number of hydrogen-bond acceptors (Lipinski definition) is 7. The highest BCUT2D eigenvalue weighted by molar-refractivity contribution is 8.26. The average Bonchev–Trinajstić information content (AvgIpc) is 3.28. The van der Waals surface area contributed by atoms with E-state index in [9.17, 15) is 14.0 Å². The molecule has 1 aromatic heterocycles. The highest BCUT2D eigenvalue weighted by Gasteiger charge is 2.32. The lowest BCUT2D eigenvalue weighted by Gasteiger charge is -2.14. The van der Waals surface area contributed by atoms with Gasteiger partial charge >= 0.3 is 0 Å². The van der Waals surface area contributed by atoms with Crippen LogP contribution in [0.2, 0.25) is 0 Å². The molecule has 0 aliphatic carbocycles. The maximum absolute atomic E-state index is 13.8. The first kappa shape index (κ1) is 19.2. The van der Waals surface area contributed by atoms with Gasteiger partial charge in [0.05, 0.1) is 10.6 Å². The van der Waals surface area contributed by atoms with E-state index >= 15 is 0 Å². The lowest BCUT2D eigenvalue weighted by molar-refractivity contribution is -0.122. The Hall–Kier alpha value is -3.11. The van der Waals surface area contributed by atoms with Crippen LogP contribution < -0.4 is 5.32 Å². The molecule has 10 heteroatoms. The number of thioether (sulfide) groups is 1. The maximum atomic E-state index is 13.8. The van der Waals surface area contributed by atoms with Crippen molar-refractivity contribution < 1.29 is 18.6 Å². The molecule has 4 rings (SSSR count). The number of aromatic nitrogens is 2. The normalized spacial score (nSPS) is 15.5. The average molecular weight is 428 g/mol. The lowest BCUT2D eigenvalue weighted by atomic mass is 10.2. The van der Waals surface area contributed by atoms with Gasteiger partial charge in [-0.2, -0.15) is 0 Å². The molecule has 1 N–H and O–H groups in total. The van der Waals surface area contributed by atoms with Crippen LogP contribution in [0.5, 0.6) is 0 Å². The van der Waals surface area contributed by atoms with Gasteiger partial charge < -0.3 is 5.32 Å². The van der Waals surface area contributed by atoms with Crippen LogP contribution in [0.15, 0.2) is 52.0 Å². The van der Waals surface area contributed by atoms with E-state index in [0.29, 0.717) is 31.5 Å². The van der Waals surface area contributed by atoms with E-state index < -0.39 is 5.82 Å². The summed E-state index contributed by atoms with van der Waals surface area (Å²) >= 11 is 6.33. The van der Waals surface area contributed by atoms with Gasteiger partial charge in [0, 0.05) is 18.5 Å². The molecular weight excluding hydrogens is 415 g/mol. The van der Waals surface area contributed by atoms with Crippen LogP contribution in [0.4, 0.5) is 10.1 Å². The number of nitrogens with zero attached hydrogens (tertiary/aromatic N) is 3. The van der Waals surface area contributed by atoms with E-state index in [1.165, 1.54) is 17.0 Å². The van der Waals surface area contributed by atoms with Crippen molar-refractivity contribution in [3.8, 4) is 0 Å². The summed E-state index contributed by atoms with van der Waals surface area (Å²) in [4.78, 5) is 26.6. The van der Waals surface area contributed by atoms with Gasteiger partial charge in [-0.05, 0) is 34.6 Å². The summed E-state index contributed by atoms with van der Waals surface area (Å²) in [5.41, 5.74) is 1.75. The minimum absolute atomic E-state index is 0.0289. The van der Waals surface area contributed by atoms with Crippen molar-refractivity contribution in [2.45, 2.75) is 6.42 Å². The third kappa shape index (κ3) is 4.03. The summed E-state index contributed by atoms with van der Waals surface area (Å²) in [6.07, 6.45) is 1.49. The quantitative estimate of drug-likeness (QED) is 0.491. The second kappa shape index (κ2) is 8.10. The molecule has 2 aromatic carbocycles. The minimum atomic E-state index is -0.423. The van der Waals surface area contributed by atoms with E-state index in [1.54, 1.807) is 36.4 Å². The zero-order chi connectivity index (χ0) is 20.4. The van der Waals surface area contributed by atoms with Crippen LogP contribution in [-0.4, -0.2) is 37.9 Å². The predicted octanol–water partition coefficient (Wildman–Crippen LogP) is 3.59. The fraction of sp³-hybridized carbons (Fsp3) is 0.105. The van der Waals surface area contributed by atoms with Crippen LogP contribution in [0, 0.1) is 5.82 Å². The fourth-order valence-corrected chi connectivity index (χ4v) is 4.06. The largest absolute Gasteiger partial charge is 0.324 e. The smallest absolute Gasteiger partial charge is 0.266 e. The number of benzene rings is 2. The first-order valence-electron chi connectivity index (χ1n) is 8.54. The number of thiocarbonyl (C=S) groups is 1. The number of nitrogens with one attached hydrogen (secondary N) is 1. The first-order chi connectivity index (χ1) is 14.0. The van der Waals surface area contributed by atoms with Crippen molar-refractivity contribution in [3.63, 3.8) is 0 Å². The molecular formula is C19H13FN4O3S2. The molecule has 1 fully saturated rings. The zero-order valence-electron chi connectivity index (χ0n) is 14.8. The molecule has 29 heavy (non-hydrogen) atoms. The van der Waals surface area contributed by atoms with Crippen molar-refractivity contribution in [1.82, 2.24) is 15.2 Å². The Bertz CT molecular complexity index is 1160. The Balaban J connectivity index is 1.41. The standard InChI is InChI=1S/C19H13FN4O3S2/c20-12-5-2-1-4-11(12)10-15-18(26)24(19(28)29-15)9-8-16(25)21-13-6-3-7-14-17(13)23-27-22-14/h1-7,10H,8-9H2,(H,21,25). The molecule has 0 unspecified atom stereocenters. The molecule has 7 nitrogen and oxygen atoms in total. The molecule has 1 aliphatic rings. The van der Waals surface area contributed by atoms with Crippen LogP contribution in [-0.2, 0) is 9.59 Å². The van der Waals surface area contributed by atoms with Gasteiger partial charge in [-0.25, -0.2) is 9.02 Å². The Morgan fingerprint density at radius 2 is 2.07 bits per heavy atom. The Kier molecular flexibility index (Phi) is 5.36. The van der Waals surface area contributed by atoms with Crippen molar-refractivity contribution in [2.75, 3.05) is 11.9 Å². The van der Waals surface area contributed by atoms with Gasteiger partial charge in [-0.15, -0.1) is 0 Å². The number of amides is 2. The summed E-state index contributed by atoms with van der Waals surface area (Å²) in [5.74, 6) is -1.08. The summed E-state index contributed by atoms with van der Waals surface area (Å²) in [5, 5.41) is 10.2. The number of halogens is 1. The number of rotatable bonds is 5. The van der Waals surface area contributed by atoms with Crippen molar-refractivity contribution in [2.24, 2.45) is 0 Å². The van der Waals surface area contributed by atoms with E-state index in [2.05, 4.69) is 20.3 Å². The fourth-order valence-electron chi connectivity index (χ4n) is 2.76. The monoisotopic (exact) mass is 428 g/mol. The van der Waals surface area contributed by atoms with Crippen molar-refractivity contribution in [1.29, 1.82) is 0 Å². The van der Waals surface area contributed by atoms with Gasteiger partial charge in [0.1, 0.15) is 15.7 Å². The summed E-state index contributed by atoms with van der Waals surface area (Å²) in [6, 6.07) is 11.3.